The van der Waals surface area contributed by atoms with E-state index in [1.165, 1.54) is 5.56 Å². The normalized spacial score (nSPS) is 15.7. The number of benzene rings is 2. The van der Waals surface area contributed by atoms with E-state index in [0.717, 1.165) is 40.3 Å². The number of ether oxygens (including phenoxy) is 1. The zero-order valence-corrected chi connectivity index (χ0v) is 18.9. The minimum atomic E-state index is -0.0403. The van der Waals surface area contributed by atoms with Crippen LogP contribution in [0.25, 0.3) is 22.6 Å². The molecule has 0 bridgehead atoms. The van der Waals surface area contributed by atoms with E-state index >= 15 is 0 Å². The molecule has 1 aliphatic rings. The molecule has 0 aliphatic carbocycles. The fraction of sp³-hybridized carbons (Fsp3) is 0.269. The maximum absolute atomic E-state index is 12.9. The molecule has 0 radical (unpaired) electrons. The predicted molar refractivity (Wildman–Crippen MR) is 128 cm³/mol. The quantitative estimate of drug-likeness (QED) is 0.492. The Hall–Kier alpha value is -3.87. The fourth-order valence-corrected chi connectivity index (χ4v) is 4.35. The second kappa shape index (κ2) is 8.94. The van der Waals surface area contributed by atoms with Gasteiger partial charge in [0.25, 0.3) is 0 Å². The molecule has 1 aliphatic heterocycles. The molecule has 4 aromatic rings. The van der Waals surface area contributed by atoms with Gasteiger partial charge in [-0.15, -0.1) is 0 Å². The summed E-state index contributed by atoms with van der Waals surface area (Å²) in [4.78, 5) is 24.2. The third kappa shape index (κ3) is 4.26. The number of nitrogens with zero attached hydrogens (tertiary/aromatic N) is 4. The van der Waals surface area contributed by atoms with E-state index in [4.69, 9.17) is 9.72 Å². The van der Waals surface area contributed by atoms with Crippen molar-refractivity contribution in [3.05, 3.63) is 78.0 Å². The smallest absolute Gasteiger partial charge is 0.317 e. The molecular formula is C26H27N5O2. The number of amides is 2. The third-order valence-electron chi connectivity index (χ3n) is 6.18. The molecule has 0 spiro atoms. The number of pyridine rings is 1. The highest BCUT2D eigenvalue weighted by molar-refractivity contribution is 5.78. The highest BCUT2D eigenvalue weighted by Crippen LogP contribution is 2.32. The van der Waals surface area contributed by atoms with Gasteiger partial charge in [-0.1, -0.05) is 29.8 Å². The van der Waals surface area contributed by atoms with Crippen LogP contribution in [0.4, 0.5) is 4.79 Å². The number of carbonyl (C=O) groups excluding carboxylic acids is 1. The first-order valence-electron chi connectivity index (χ1n) is 11.2. The Morgan fingerprint density at radius 2 is 1.91 bits per heavy atom. The molecule has 7 heteroatoms. The van der Waals surface area contributed by atoms with Gasteiger partial charge in [0.2, 0.25) is 0 Å². The molecule has 3 heterocycles. The summed E-state index contributed by atoms with van der Waals surface area (Å²) >= 11 is 0. The topological polar surface area (TPSA) is 72.3 Å². The Morgan fingerprint density at radius 1 is 1.12 bits per heavy atom. The Labute approximate surface area is 193 Å². The Kier molecular flexibility index (Phi) is 5.69. The van der Waals surface area contributed by atoms with Gasteiger partial charge in [0.1, 0.15) is 17.1 Å². The number of imidazole rings is 1. The molecule has 33 heavy (non-hydrogen) atoms. The molecular weight excluding hydrogens is 414 g/mol. The molecule has 2 aromatic heterocycles. The van der Waals surface area contributed by atoms with Crippen LogP contribution in [0.5, 0.6) is 5.75 Å². The number of rotatable bonds is 5. The molecule has 2 amide bonds. The summed E-state index contributed by atoms with van der Waals surface area (Å²) in [6.45, 7) is 3.89. The van der Waals surface area contributed by atoms with Gasteiger partial charge in [-0.25, -0.2) is 14.8 Å². The van der Waals surface area contributed by atoms with Crippen LogP contribution >= 0.6 is 0 Å². The number of aromatic nitrogens is 3. The highest BCUT2D eigenvalue weighted by atomic mass is 16.5. The third-order valence-corrected chi connectivity index (χ3v) is 6.18. The number of hydrogen-bond acceptors (Lipinski definition) is 4. The molecule has 1 N–H and O–H groups in total. The van der Waals surface area contributed by atoms with E-state index < -0.39 is 0 Å². The number of fused-ring (bicyclic) bond motifs is 1. The summed E-state index contributed by atoms with van der Waals surface area (Å²) in [5.74, 6) is 1.66. The van der Waals surface area contributed by atoms with Crippen molar-refractivity contribution >= 4 is 17.2 Å². The summed E-state index contributed by atoms with van der Waals surface area (Å²) in [7, 11) is 1.66. The van der Waals surface area contributed by atoms with Gasteiger partial charge >= 0.3 is 6.03 Å². The standard InChI is InChI=1S/C26H27N5O2/c1-18-5-7-19(8-6-18)16-28-26(32)30-15-13-21(17-30)31-24(20-9-11-22(33-2)12-10-20)29-23-4-3-14-27-25(23)31/h3-12,14,21H,13,15-17H2,1-2H3,(H,28,32)/t21-/m1/s1. The van der Waals surface area contributed by atoms with Crippen LogP contribution in [-0.4, -0.2) is 45.7 Å². The predicted octanol–water partition coefficient (Wildman–Crippen LogP) is 4.57. The maximum Gasteiger partial charge on any atom is 0.317 e. The Bertz CT molecular complexity index is 1260. The monoisotopic (exact) mass is 441 g/mol. The summed E-state index contributed by atoms with van der Waals surface area (Å²) in [6.07, 6.45) is 2.64. The van der Waals surface area contributed by atoms with Crippen molar-refractivity contribution in [3.8, 4) is 17.1 Å². The van der Waals surface area contributed by atoms with Crippen LogP contribution in [0.3, 0.4) is 0 Å². The van der Waals surface area contributed by atoms with E-state index in [1.54, 1.807) is 13.3 Å². The van der Waals surface area contributed by atoms with Crippen LogP contribution < -0.4 is 10.1 Å². The Morgan fingerprint density at radius 3 is 2.67 bits per heavy atom. The lowest BCUT2D eigenvalue weighted by Crippen LogP contribution is -2.38. The van der Waals surface area contributed by atoms with Gasteiger partial charge in [0.15, 0.2) is 5.65 Å². The lowest BCUT2D eigenvalue weighted by Gasteiger charge is -2.19. The zero-order valence-electron chi connectivity index (χ0n) is 18.9. The lowest BCUT2D eigenvalue weighted by atomic mass is 10.1. The number of carbonyl (C=O) groups is 1. The van der Waals surface area contributed by atoms with E-state index in [1.807, 2.05) is 53.4 Å². The van der Waals surface area contributed by atoms with Crippen molar-refractivity contribution in [1.29, 1.82) is 0 Å². The molecule has 1 saturated heterocycles. The first-order chi connectivity index (χ1) is 16.1. The lowest BCUT2D eigenvalue weighted by molar-refractivity contribution is 0.207. The minimum Gasteiger partial charge on any atom is -0.497 e. The highest BCUT2D eigenvalue weighted by Gasteiger charge is 2.30. The Balaban J connectivity index is 1.36. The molecule has 5 rings (SSSR count). The molecule has 1 fully saturated rings. The van der Waals surface area contributed by atoms with Gasteiger partial charge in [0.05, 0.1) is 13.2 Å². The molecule has 1 atom stereocenters. The number of aryl methyl sites for hydroxylation is 1. The largest absolute Gasteiger partial charge is 0.497 e. The maximum atomic E-state index is 12.9. The van der Waals surface area contributed by atoms with Crippen molar-refractivity contribution in [2.45, 2.75) is 25.9 Å². The van der Waals surface area contributed by atoms with Crippen LogP contribution in [0.1, 0.15) is 23.6 Å². The van der Waals surface area contributed by atoms with Gasteiger partial charge < -0.3 is 19.5 Å². The zero-order chi connectivity index (χ0) is 22.8. The van der Waals surface area contributed by atoms with Crippen molar-refractivity contribution in [2.24, 2.45) is 0 Å². The molecule has 7 nitrogen and oxygen atoms in total. The molecule has 2 aromatic carbocycles. The summed E-state index contributed by atoms with van der Waals surface area (Å²) in [5, 5.41) is 3.05. The van der Waals surface area contributed by atoms with Crippen molar-refractivity contribution in [2.75, 3.05) is 20.2 Å². The van der Waals surface area contributed by atoms with Gasteiger partial charge in [-0.2, -0.15) is 0 Å². The van der Waals surface area contributed by atoms with E-state index in [9.17, 15) is 4.79 Å². The van der Waals surface area contributed by atoms with Crippen LogP contribution in [0.15, 0.2) is 66.9 Å². The van der Waals surface area contributed by atoms with Gasteiger partial charge in [-0.05, 0) is 55.3 Å². The van der Waals surface area contributed by atoms with Crippen molar-refractivity contribution in [1.82, 2.24) is 24.8 Å². The minimum absolute atomic E-state index is 0.0403. The number of nitrogens with one attached hydrogen (secondary N) is 1. The van der Waals surface area contributed by atoms with Gasteiger partial charge in [0, 0.05) is 31.4 Å². The van der Waals surface area contributed by atoms with E-state index in [0.29, 0.717) is 19.6 Å². The number of urea groups is 1. The summed E-state index contributed by atoms with van der Waals surface area (Å²) in [5.41, 5.74) is 4.99. The van der Waals surface area contributed by atoms with Gasteiger partial charge in [-0.3, -0.25) is 0 Å². The van der Waals surface area contributed by atoms with Crippen molar-refractivity contribution in [3.63, 3.8) is 0 Å². The molecule has 168 valence electrons. The summed E-state index contributed by atoms with van der Waals surface area (Å²) < 4.78 is 7.49. The summed E-state index contributed by atoms with van der Waals surface area (Å²) in [6, 6.07) is 20.1. The fourth-order valence-electron chi connectivity index (χ4n) is 4.35. The first-order valence-corrected chi connectivity index (χ1v) is 11.2. The average molecular weight is 442 g/mol. The van der Waals surface area contributed by atoms with E-state index in [-0.39, 0.29) is 12.1 Å². The number of likely N-dealkylation sites (tertiary alicyclic amines) is 1. The van der Waals surface area contributed by atoms with Crippen molar-refractivity contribution < 1.29 is 9.53 Å². The molecule has 0 saturated carbocycles. The number of hydrogen-bond donors (Lipinski definition) is 1. The second-order valence-corrected chi connectivity index (χ2v) is 8.41. The van der Waals surface area contributed by atoms with Crippen LogP contribution in [0, 0.1) is 6.92 Å². The number of methoxy groups -OCH3 is 1. The SMILES string of the molecule is COc1ccc(-c2nc3cccnc3n2[C@@H]2CCN(C(=O)NCc3ccc(C)cc3)C2)cc1. The average Bonchev–Trinajstić information content (AvgIpc) is 3.48. The van der Waals surface area contributed by atoms with Crippen LogP contribution in [-0.2, 0) is 6.54 Å². The second-order valence-electron chi connectivity index (χ2n) is 8.41. The first kappa shape index (κ1) is 21.0. The molecule has 0 unspecified atom stereocenters. The van der Waals surface area contributed by atoms with E-state index in [2.05, 4.69) is 33.9 Å². The van der Waals surface area contributed by atoms with Crippen LogP contribution in [0.2, 0.25) is 0 Å².